The second kappa shape index (κ2) is 3.69. The minimum absolute atomic E-state index is 0.405. The first kappa shape index (κ1) is 7.70. The normalized spacial score (nSPS) is 12.0. The van der Waals surface area contributed by atoms with Gasteiger partial charge in [0, 0.05) is 18.8 Å². The Bertz CT molecular complexity index is 250. The number of hydrogen-bond acceptors (Lipinski definition) is 3. The first-order valence-electron chi connectivity index (χ1n) is 3.37. The van der Waals surface area contributed by atoms with Gasteiger partial charge < -0.3 is 5.73 Å². The molecule has 3 nitrogen and oxygen atoms in total. The van der Waals surface area contributed by atoms with Crippen molar-refractivity contribution in [3.05, 3.63) is 30.1 Å². The summed E-state index contributed by atoms with van der Waals surface area (Å²) in [4.78, 5) is 3.85. The van der Waals surface area contributed by atoms with E-state index in [1.54, 1.807) is 12.4 Å². The Balaban J connectivity index is 2.60. The average Bonchev–Trinajstić information content (AvgIpc) is 2.06. The number of hydrogen-bond donors (Lipinski definition) is 1. The van der Waals surface area contributed by atoms with Crippen LogP contribution in [0.5, 0.6) is 0 Å². The van der Waals surface area contributed by atoms with Gasteiger partial charge in [0.15, 0.2) is 0 Å². The molecule has 0 spiro atoms. The molecular weight excluding hydrogens is 138 g/mol. The molecule has 0 unspecified atom stereocenters. The van der Waals surface area contributed by atoms with E-state index in [4.69, 9.17) is 11.0 Å². The van der Waals surface area contributed by atoms with E-state index >= 15 is 0 Å². The lowest BCUT2D eigenvalue weighted by Crippen LogP contribution is -2.19. The van der Waals surface area contributed by atoms with Crippen LogP contribution in [0.4, 0.5) is 0 Å². The van der Waals surface area contributed by atoms with Gasteiger partial charge in [-0.3, -0.25) is 4.98 Å². The first-order chi connectivity index (χ1) is 5.33. The molecule has 0 aliphatic carbocycles. The van der Waals surface area contributed by atoms with Crippen molar-refractivity contribution in [1.82, 2.24) is 4.98 Å². The van der Waals surface area contributed by atoms with E-state index in [2.05, 4.69) is 4.98 Å². The lowest BCUT2D eigenvalue weighted by atomic mass is 10.1. The zero-order valence-electron chi connectivity index (χ0n) is 6.07. The third kappa shape index (κ3) is 2.36. The summed E-state index contributed by atoms with van der Waals surface area (Å²) >= 11 is 0. The van der Waals surface area contributed by atoms with Gasteiger partial charge >= 0.3 is 0 Å². The van der Waals surface area contributed by atoms with Gasteiger partial charge in [-0.1, -0.05) is 0 Å². The monoisotopic (exact) mass is 147 g/mol. The van der Waals surface area contributed by atoms with E-state index in [1.165, 1.54) is 0 Å². The molecule has 1 aromatic rings. The minimum atomic E-state index is -0.405. The van der Waals surface area contributed by atoms with Crippen LogP contribution in [0.3, 0.4) is 0 Å². The molecule has 11 heavy (non-hydrogen) atoms. The van der Waals surface area contributed by atoms with Crippen LogP contribution >= 0.6 is 0 Å². The van der Waals surface area contributed by atoms with Crippen molar-refractivity contribution in [2.75, 3.05) is 0 Å². The fourth-order valence-electron chi connectivity index (χ4n) is 0.818. The largest absolute Gasteiger partial charge is 0.316 e. The number of nitriles is 1. The van der Waals surface area contributed by atoms with Gasteiger partial charge in [0.1, 0.15) is 0 Å². The van der Waals surface area contributed by atoms with E-state index in [-0.39, 0.29) is 0 Å². The quantitative estimate of drug-likeness (QED) is 0.661. The Labute approximate surface area is 65.5 Å². The van der Waals surface area contributed by atoms with E-state index in [0.29, 0.717) is 6.42 Å². The fraction of sp³-hybridized carbons (Fsp3) is 0.250. The molecule has 0 aliphatic heterocycles. The molecule has 3 heteroatoms. The Morgan fingerprint density at radius 2 is 2.18 bits per heavy atom. The highest BCUT2D eigenvalue weighted by Crippen LogP contribution is 1.98. The van der Waals surface area contributed by atoms with Crippen molar-refractivity contribution < 1.29 is 0 Å². The molecule has 0 aliphatic rings. The molecule has 1 heterocycles. The predicted octanol–water partition coefficient (Wildman–Crippen LogP) is 0.475. The fourth-order valence-corrected chi connectivity index (χ4v) is 0.818. The van der Waals surface area contributed by atoms with Gasteiger partial charge in [-0.15, -0.1) is 0 Å². The van der Waals surface area contributed by atoms with E-state index in [9.17, 15) is 0 Å². The average molecular weight is 147 g/mol. The SMILES string of the molecule is N#C[C@@H](N)Cc1ccncc1. The highest BCUT2D eigenvalue weighted by molar-refractivity contribution is 5.13. The Kier molecular flexibility index (Phi) is 2.59. The Morgan fingerprint density at radius 3 is 2.73 bits per heavy atom. The van der Waals surface area contributed by atoms with Crippen LogP contribution < -0.4 is 5.73 Å². The number of aromatic nitrogens is 1. The summed E-state index contributed by atoms with van der Waals surface area (Å²) in [5.41, 5.74) is 6.47. The molecule has 1 atom stereocenters. The van der Waals surface area contributed by atoms with Crippen molar-refractivity contribution in [1.29, 1.82) is 5.26 Å². The summed E-state index contributed by atoms with van der Waals surface area (Å²) in [5, 5.41) is 8.41. The third-order valence-electron chi connectivity index (χ3n) is 1.37. The highest BCUT2D eigenvalue weighted by atomic mass is 14.6. The zero-order valence-corrected chi connectivity index (χ0v) is 6.07. The number of nitrogens with two attached hydrogens (primary N) is 1. The third-order valence-corrected chi connectivity index (χ3v) is 1.37. The van der Waals surface area contributed by atoms with Gasteiger partial charge in [-0.25, -0.2) is 0 Å². The maximum Gasteiger partial charge on any atom is 0.0968 e. The summed E-state index contributed by atoms with van der Waals surface area (Å²) < 4.78 is 0. The summed E-state index contributed by atoms with van der Waals surface area (Å²) in [7, 11) is 0. The molecule has 0 saturated heterocycles. The first-order valence-corrected chi connectivity index (χ1v) is 3.37. The molecule has 0 bridgehead atoms. The molecular formula is C8H9N3. The topological polar surface area (TPSA) is 62.7 Å². The van der Waals surface area contributed by atoms with Gasteiger partial charge in [-0.05, 0) is 17.7 Å². The van der Waals surface area contributed by atoms with Crippen molar-refractivity contribution in [3.63, 3.8) is 0 Å². The maximum absolute atomic E-state index is 8.41. The smallest absolute Gasteiger partial charge is 0.0968 e. The molecule has 1 rings (SSSR count). The molecule has 1 aromatic heterocycles. The van der Waals surface area contributed by atoms with Gasteiger partial charge in [0.25, 0.3) is 0 Å². The second-order valence-corrected chi connectivity index (χ2v) is 2.30. The Hall–Kier alpha value is -1.40. The van der Waals surface area contributed by atoms with Crippen molar-refractivity contribution in [3.8, 4) is 6.07 Å². The molecule has 0 aromatic carbocycles. The standard InChI is InChI=1S/C8H9N3/c9-6-8(10)5-7-1-3-11-4-2-7/h1-4,8H,5,10H2/t8-/m0/s1. The van der Waals surface area contributed by atoms with Crippen LogP contribution in [0.1, 0.15) is 5.56 Å². The molecule has 0 radical (unpaired) electrons. The van der Waals surface area contributed by atoms with Crippen molar-refractivity contribution in [2.24, 2.45) is 5.73 Å². The van der Waals surface area contributed by atoms with Crippen molar-refractivity contribution in [2.45, 2.75) is 12.5 Å². The molecule has 0 amide bonds. The van der Waals surface area contributed by atoms with Crippen molar-refractivity contribution >= 4 is 0 Å². The van der Waals surface area contributed by atoms with Crippen LogP contribution in [0, 0.1) is 11.3 Å². The van der Waals surface area contributed by atoms with E-state index < -0.39 is 6.04 Å². The molecule has 2 N–H and O–H groups in total. The Morgan fingerprint density at radius 1 is 1.55 bits per heavy atom. The van der Waals surface area contributed by atoms with Crippen LogP contribution in [0.15, 0.2) is 24.5 Å². The van der Waals surface area contributed by atoms with Gasteiger partial charge in [0.2, 0.25) is 0 Å². The highest BCUT2D eigenvalue weighted by Gasteiger charge is 1.99. The number of rotatable bonds is 2. The number of nitrogens with zero attached hydrogens (tertiary/aromatic N) is 2. The minimum Gasteiger partial charge on any atom is -0.316 e. The predicted molar refractivity (Wildman–Crippen MR) is 41.5 cm³/mol. The van der Waals surface area contributed by atoms with E-state index in [1.807, 2.05) is 18.2 Å². The molecule has 56 valence electrons. The van der Waals surface area contributed by atoms with E-state index in [0.717, 1.165) is 5.56 Å². The summed E-state index contributed by atoms with van der Waals surface area (Å²) in [5.74, 6) is 0. The van der Waals surface area contributed by atoms with Gasteiger partial charge in [-0.2, -0.15) is 5.26 Å². The summed E-state index contributed by atoms with van der Waals surface area (Å²) in [6, 6.07) is 5.28. The zero-order chi connectivity index (χ0) is 8.10. The molecule has 0 fully saturated rings. The van der Waals surface area contributed by atoms with Crippen LogP contribution in [-0.4, -0.2) is 11.0 Å². The molecule has 0 saturated carbocycles. The van der Waals surface area contributed by atoms with Crippen LogP contribution in [0.25, 0.3) is 0 Å². The van der Waals surface area contributed by atoms with Crippen LogP contribution in [-0.2, 0) is 6.42 Å². The van der Waals surface area contributed by atoms with Gasteiger partial charge in [0.05, 0.1) is 12.1 Å². The second-order valence-electron chi connectivity index (χ2n) is 2.30. The maximum atomic E-state index is 8.41. The lowest BCUT2D eigenvalue weighted by Gasteiger charge is -2.00. The van der Waals surface area contributed by atoms with Crippen LogP contribution in [0.2, 0.25) is 0 Å². The lowest BCUT2D eigenvalue weighted by molar-refractivity contribution is 0.821. The number of pyridine rings is 1. The summed E-state index contributed by atoms with van der Waals surface area (Å²) in [6.45, 7) is 0. The summed E-state index contributed by atoms with van der Waals surface area (Å²) in [6.07, 6.45) is 3.98.